The van der Waals surface area contributed by atoms with E-state index in [1.54, 1.807) is 11.3 Å². The fourth-order valence-corrected chi connectivity index (χ4v) is 2.82. The maximum Gasteiger partial charge on any atom is 0.134 e. The van der Waals surface area contributed by atoms with E-state index >= 15 is 0 Å². The van der Waals surface area contributed by atoms with Crippen molar-refractivity contribution in [3.63, 3.8) is 0 Å². The summed E-state index contributed by atoms with van der Waals surface area (Å²) in [5, 5.41) is 6.76. The van der Waals surface area contributed by atoms with Crippen LogP contribution in [0.3, 0.4) is 0 Å². The molecule has 98 valence electrons. The fourth-order valence-electron chi connectivity index (χ4n) is 2.05. The number of nitrogens with one attached hydrogen (secondary N) is 1. The van der Waals surface area contributed by atoms with Gasteiger partial charge in [0.15, 0.2) is 0 Å². The van der Waals surface area contributed by atoms with Crippen LogP contribution in [-0.2, 0) is 6.54 Å². The molecule has 2 heterocycles. The summed E-state index contributed by atoms with van der Waals surface area (Å²) in [5.41, 5.74) is 1.14. The van der Waals surface area contributed by atoms with Gasteiger partial charge in [-0.15, -0.1) is 11.3 Å². The quantitative estimate of drug-likeness (QED) is 0.746. The summed E-state index contributed by atoms with van der Waals surface area (Å²) in [6.45, 7) is 5.04. The third-order valence-electron chi connectivity index (χ3n) is 3.08. The first-order valence-corrected chi connectivity index (χ1v) is 7.40. The van der Waals surface area contributed by atoms with Crippen molar-refractivity contribution < 1.29 is 4.42 Å². The van der Waals surface area contributed by atoms with Gasteiger partial charge in [0.2, 0.25) is 0 Å². The smallest absolute Gasteiger partial charge is 0.134 e. The minimum atomic E-state index is 0.468. The summed E-state index contributed by atoms with van der Waals surface area (Å²) >= 11 is 1.77. The third-order valence-corrected chi connectivity index (χ3v) is 3.98. The van der Waals surface area contributed by atoms with Crippen molar-refractivity contribution >= 4 is 21.4 Å². The first-order chi connectivity index (χ1) is 9.22. The predicted octanol–water partition coefficient (Wildman–Crippen LogP) is 4.66. The zero-order chi connectivity index (χ0) is 13.2. The Morgan fingerprint density at radius 2 is 2.05 bits per heavy atom. The van der Waals surface area contributed by atoms with Gasteiger partial charge in [0, 0.05) is 16.3 Å². The molecule has 1 aromatic carbocycles. The van der Waals surface area contributed by atoms with Crippen LogP contribution in [0, 0.1) is 0 Å². The van der Waals surface area contributed by atoms with Crippen molar-refractivity contribution in [1.29, 1.82) is 0 Å². The van der Waals surface area contributed by atoms with Crippen LogP contribution in [0.4, 0.5) is 0 Å². The lowest BCUT2D eigenvalue weighted by atomic mass is 10.1. The van der Waals surface area contributed by atoms with Crippen molar-refractivity contribution in [2.75, 3.05) is 0 Å². The Hall–Kier alpha value is -1.58. The van der Waals surface area contributed by atoms with Crippen LogP contribution in [0.1, 0.15) is 19.6 Å². The molecule has 0 unspecified atom stereocenters. The monoisotopic (exact) mass is 271 g/mol. The summed E-state index contributed by atoms with van der Waals surface area (Å²) < 4.78 is 7.20. The molecule has 2 nitrogen and oxygen atoms in total. The second-order valence-corrected chi connectivity index (χ2v) is 5.92. The SMILES string of the molecule is CC(C)NCc1ccc(-c2ccc3sccc3c2)o1. The molecule has 0 radical (unpaired) electrons. The van der Waals surface area contributed by atoms with Gasteiger partial charge in [0.1, 0.15) is 11.5 Å². The average molecular weight is 271 g/mol. The Labute approximate surface area is 117 Å². The predicted molar refractivity (Wildman–Crippen MR) is 81.5 cm³/mol. The molecule has 0 bridgehead atoms. The minimum absolute atomic E-state index is 0.468. The zero-order valence-corrected chi connectivity index (χ0v) is 12.0. The second-order valence-electron chi connectivity index (χ2n) is 4.97. The van der Waals surface area contributed by atoms with Crippen molar-refractivity contribution in [2.45, 2.75) is 26.4 Å². The van der Waals surface area contributed by atoms with Gasteiger partial charge < -0.3 is 9.73 Å². The molecule has 0 spiro atoms. The average Bonchev–Trinajstić information content (AvgIpc) is 3.04. The topological polar surface area (TPSA) is 25.2 Å². The van der Waals surface area contributed by atoms with Gasteiger partial charge in [0.05, 0.1) is 6.54 Å². The number of fused-ring (bicyclic) bond motifs is 1. The molecule has 1 N–H and O–H groups in total. The Morgan fingerprint density at radius 1 is 1.16 bits per heavy atom. The summed E-state index contributed by atoms with van der Waals surface area (Å²) in [7, 11) is 0. The molecular formula is C16H17NOS. The molecule has 3 aromatic rings. The minimum Gasteiger partial charge on any atom is -0.460 e. The number of hydrogen-bond donors (Lipinski definition) is 1. The Kier molecular flexibility index (Phi) is 3.40. The van der Waals surface area contributed by atoms with Gasteiger partial charge in [-0.2, -0.15) is 0 Å². The highest BCUT2D eigenvalue weighted by atomic mass is 32.1. The lowest BCUT2D eigenvalue weighted by molar-refractivity contribution is 0.473. The molecule has 3 rings (SSSR count). The van der Waals surface area contributed by atoms with E-state index in [2.05, 4.69) is 48.8 Å². The van der Waals surface area contributed by atoms with E-state index in [4.69, 9.17) is 4.42 Å². The van der Waals surface area contributed by atoms with Gasteiger partial charge in [-0.05, 0) is 47.2 Å². The van der Waals surface area contributed by atoms with Crippen molar-refractivity contribution in [1.82, 2.24) is 5.32 Å². The van der Waals surface area contributed by atoms with E-state index in [0.717, 1.165) is 23.6 Å². The van der Waals surface area contributed by atoms with Crippen molar-refractivity contribution in [3.05, 3.63) is 47.5 Å². The molecule has 19 heavy (non-hydrogen) atoms. The van der Waals surface area contributed by atoms with E-state index in [0.29, 0.717) is 6.04 Å². The maximum absolute atomic E-state index is 5.89. The molecule has 2 aromatic heterocycles. The van der Waals surface area contributed by atoms with Crippen LogP contribution in [-0.4, -0.2) is 6.04 Å². The molecule has 0 fully saturated rings. The largest absolute Gasteiger partial charge is 0.460 e. The molecule has 0 amide bonds. The van der Waals surface area contributed by atoms with Gasteiger partial charge >= 0.3 is 0 Å². The van der Waals surface area contributed by atoms with Crippen LogP contribution in [0.25, 0.3) is 21.4 Å². The van der Waals surface area contributed by atoms with Gasteiger partial charge in [-0.3, -0.25) is 0 Å². The van der Waals surface area contributed by atoms with Crippen LogP contribution in [0.5, 0.6) is 0 Å². The molecule has 0 aliphatic rings. The van der Waals surface area contributed by atoms with E-state index < -0.39 is 0 Å². The van der Waals surface area contributed by atoms with E-state index in [1.807, 2.05) is 12.1 Å². The number of hydrogen-bond acceptors (Lipinski definition) is 3. The molecular weight excluding hydrogens is 254 g/mol. The van der Waals surface area contributed by atoms with E-state index in [-0.39, 0.29) is 0 Å². The normalized spacial score (nSPS) is 11.5. The van der Waals surface area contributed by atoms with Gasteiger partial charge in [-0.1, -0.05) is 13.8 Å². The maximum atomic E-state index is 5.89. The summed E-state index contributed by atoms with van der Waals surface area (Å²) in [6, 6.07) is 13.2. The number of furan rings is 1. The lowest BCUT2D eigenvalue weighted by Crippen LogP contribution is -2.21. The summed E-state index contributed by atoms with van der Waals surface area (Å²) in [5.74, 6) is 1.92. The lowest BCUT2D eigenvalue weighted by Gasteiger charge is -2.05. The summed E-state index contributed by atoms with van der Waals surface area (Å²) in [4.78, 5) is 0. The molecule has 0 atom stereocenters. The Bertz CT molecular complexity index is 681. The van der Waals surface area contributed by atoms with Crippen molar-refractivity contribution in [3.8, 4) is 11.3 Å². The standard InChI is InChI=1S/C16H17NOS/c1-11(2)17-10-14-4-5-15(18-14)12-3-6-16-13(9-12)7-8-19-16/h3-9,11,17H,10H2,1-2H3. The van der Waals surface area contributed by atoms with Crippen LogP contribution in [0.15, 0.2) is 46.2 Å². The van der Waals surface area contributed by atoms with Crippen molar-refractivity contribution in [2.24, 2.45) is 0 Å². The molecule has 0 saturated carbocycles. The highest BCUT2D eigenvalue weighted by Crippen LogP contribution is 2.28. The number of thiophene rings is 1. The molecule has 0 aliphatic carbocycles. The number of rotatable bonds is 4. The van der Waals surface area contributed by atoms with Gasteiger partial charge in [0.25, 0.3) is 0 Å². The first-order valence-electron chi connectivity index (χ1n) is 6.52. The fraction of sp³-hybridized carbons (Fsp3) is 0.250. The highest BCUT2D eigenvalue weighted by molar-refractivity contribution is 7.17. The van der Waals surface area contributed by atoms with E-state index in [9.17, 15) is 0 Å². The van der Waals surface area contributed by atoms with Crippen LogP contribution >= 0.6 is 11.3 Å². The van der Waals surface area contributed by atoms with Crippen LogP contribution < -0.4 is 5.32 Å². The third kappa shape index (κ3) is 2.72. The van der Waals surface area contributed by atoms with Gasteiger partial charge in [-0.25, -0.2) is 0 Å². The first kappa shape index (κ1) is 12.5. The zero-order valence-electron chi connectivity index (χ0n) is 11.1. The molecule has 0 saturated heterocycles. The van der Waals surface area contributed by atoms with E-state index in [1.165, 1.54) is 10.1 Å². The second kappa shape index (κ2) is 5.19. The molecule has 0 aliphatic heterocycles. The molecule has 3 heteroatoms. The summed E-state index contributed by atoms with van der Waals surface area (Å²) in [6.07, 6.45) is 0. The Morgan fingerprint density at radius 3 is 2.89 bits per heavy atom. The highest BCUT2D eigenvalue weighted by Gasteiger charge is 2.06. The number of benzene rings is 1. The van der Waals surface area contributed by atoms with Crippen LogP contribution in [0.2, 0.25) is 0 Å². The Balaban J connectivity index is 1.85.